The number of fused-ring (bicyclic) bond motifs is 1. The van der Waals surface area contributed by atoms with Gasteiger partial charge in [-0.15, -0.1) is 0 Å². The van der Waals surface area contributed by atoms with Crippen LogP contribution >= 0.6 is 0 Å². The number of pyridine rings is 1. The summed E-state index contributed by atoms with van der Waals surface area (Å²) in [6.45, 7) is 6.88. The second-order valence-corrected chi connectivity index (χ2v) is 6.40. The van der Waals surface area contributed by atoms with Crippen molar-refractivity contribution in [2.75, 3.05) is 19.7 Å². The van der Waals surface area contributed by atoms with Crippen molar-refractivity contribution in [3.63, 3.8) is 0 Å². The SMILES string of the molecule is Cc1cc(C(=O)N2CCO[C@H](c3ccnc(C)n3)C2)c2c(C)noc2n1. The molecule has 1 amide bonds. The van der Waals surface area contributed by atoms with Crippen molar-refractivity contribution >= 4 is 17.0 Å². The Labute approximate surface area is 150 Å². The molecule has 134 valence electrons. The highest BCUT2D eigenvalue weighted by Gasteiger charge is 2.29. The molecule has 1 aliphatic rings. The number of rotatable bonds is 2. The lowest BCUT2D eigenvalue weighted by atomic mass is 10.1. The van der Waals surface area contributed by atoms with Gasteiger partial charge in [0.15, 0.2) is 0 Å². The van der Waals surface area contributed by atoms with Gasteiger partial charge in [-0.05, 0) is 32.9 Å². The van der Waals surface area contributed by atoms with Gasteiger partial charge < -0.3 is 14.2 Å². The molecule has 1 atom stereocenters. The number of carbonyl (C=O) groups excluding carboxylic acids is 1. The lowest BCUT2D eigenvalue weighted by Gasteiger charge is -2.32. The fourth-order valence-corrected chi connectivity index (χ4v) is 3.22. The third-order valence-electron chi connectivity index (χ3n) is 4.46. The first kappa shape index (κ1) is 16.6. The van der Waals surface area contributed by atoms with Crippen LogP contribution in [-0.2, 0) is 4.74 Å². The van der Waals surface area contributed by atoms with Crippen LogP contribution in [-0.4, -0.2) is 50.6 Å². The molecule has 1 aliphatic heterocycles. The summed E-state index contributed by atoms with van der Waals surface area (Å²) < 4.78 is 11.1. The van der Waals surface area contributed by atoms with Crippen LogP contribution in [0.3, 0.4) is 0 Å². The maximum atomic E-state index is 13.2. The highest BCUT2D eigenvalue weighted by molar-refractivity contribution is 6.06. The fraction of sp³-hybridized carbons (Fsp3) is 0.389. The molecule has 1 saturated heterocycles. The van der Waals surface area contributed by atoms with E-state index in [2.05, 4.69) is 20.1 Å². The average Bonchev–Trinajstić information content (AvgIpc) is 3.01. The first-order valence-corrected chi connectivity index (χ1v) is 8.47. The molecule has 0 unspecified atom stereocenters. The number of hydrogen-bond donors (Lipinski definition) is 0. The van der Waals surface area contributed by atoms with Crippen molar-refractivity contribution in [2.45, 2.75) is 26.9 Å². The van der Waals surface area contributed by atoms with Gasteiger partial charge in [-0.1, -0.05) is 5.16 Å². The summed E-state index contributed by atoms with van der Waals surface area (Å²) in [6, 6.07) is 3.61. The minimum atomic E-state index is -0.267. The highest BCUT2D eigenvalue weighted by atomic mass is 16.5. The number of hydrogen-bond acceptors (Lipinski definition) is 7. The molecule has 0 saturated carbocycles. The second-order valence-electron chi connectivity index (χ2n) is 6.40. The van der Waals surface area contributed by atoms with Crippen LogP contribution in [0, 0.1) is 20.8 Å². The largest absolute Gasteiger partial charge is 0.368 e. The molecule has 3 aromatic heterocycles. The Morgan fingerprint density at radius 1 is 1.27 bits per heavy atom. The summed E-state index contributed by atoms with van der Waals surface area (Å²) in [5, 5.41) is 4.62. The van der Waals surface area contributed by atoms with E-state index in [0.29, 0.717) is 53.6 Å². The van der Waals surface area contributed by atoms with E-state index >= 15 is 0 Å². The van der Waals surface area contributed by atoms with Gasteiger partial charge in [0.1, 0.15) is 11.9 Å². The van der Waals surface area contributed by atoms with E-state index in [-0.39, 0.29) is 12.0 Å². The summed E-state index contributed by atoms with van der Waals surface area (Å²) in [4.78, 5) is 27.8. The van der Waals surface area contributed by atoms with Gasteiger partial charge in [0, 0.05) is 18.4 Å². The minimum absolute atomic E-state index is 0.0779. The number of ether oxygens (including phenoxy) is 1. The maximum Gasteiger partial charge on any atom is 0.258 e. The van der Waals surface area contributed by atoms with Crippen LogP contribution in [0.4, 0.5) is 0 Å². The van der Waals surface area contributed by atoms with Crippen LogP contribution in [0.5, 0.6) is 0 Å². The molecule has 3 aromatic rings. The van der Waals surface area contributed by atoms with Crippen LogP contribution in [0.2, 0.25) is 0 Å². The van der Waals surface area contributed by atoms with Crippen LogP contribution < -0.4 is 0 Å². The second kappa shape index (κ2) is 6.45. The Morgan fingerprint density at radius 3 is 2.92 bits per heavy atom. The minimum Gasteiger partial charge on any atom is -0.368 e. The smallest absolute Gasteiger partial charge is 0.258 e. The predicted octanol–water partition coefficient (Wildman–Crippen LogP) is 2.15. The molecule has 0 spiro atoms. The molecule has 0 bridgehead atoms. The standard InChI is InChI=1S/C18H19N5O3/c1-10-8-13(16-11(2)22-26-17(16)20-10)18(24)23-6-7-25-15(9-23)14-4-5-19-12(3)21-14/h4-5,8,15H,6-7,9H2,1-3H3/t15-/m0/s1. The van der Waals surface area contributed by atoms with Crippen molar-refractivity contribution in [1.29, 1.82) is 0 Å². The molecule has 0 radical (unpaired) electrons. The molecule has 8 nitrogen and oxygen atoms in total. The number of aryl methyl sites for hydroxylation is 3. The molecular weight excluding hydrogens is 334 g/mol. The zero-order valence-electron chi connectivity index (χ0n) is 14.9. The van der Waals surface area contributed by atoms with Crippen LogP contribution in [0.1, 0.15) is 39.4 Å². The lowest BCUT2D eigenvalue weighted by molar-refractivity contribution is -0.0247. The monoisotopic (exact) mass is 353 g/mol. The summed E-state index contributed by atoms with van der Waals surface area (Å²) in [5.74, 6) is 0.604. The molecule has 8 heteroatoms. The number of morpholine rings is 1. The predicted molar refractivity (Wildman–Crippen MR) is 92.6 cm³/mol. The van der Waals surface area contributed by atoms with Gasteiger partial charge in [0.2, 0.25) is 0 Å². The quantitative estimate of drug-likeness (QED) is 0.696. The molecule has 0 N–H and O–H groups in total. The van der Waals surface area contributed by atoms with Gasteiger partial charge in [0.25, 0.3) is 11.6 Å². The number of amides is 1. The summed E-state index contributed by atoms with van der Waals surface area (Å²) in [6.07, 6.45) is 1.44. The highest BCUT2D eigenvalue weighted by Crippen LogP contribution is 2.26. The summed E-state index contributed by atoms with van der Waals surface area (Å²) in [5.41, 5.74) is 3.11. The summed E-state index contributed by atoms with van der Waals surface area (Å²) in [7, 11) is 0. The Morgan fingerprint density at radius 2 is 2.12 bits per heavy atom. The molecule has 26 heavy (non-hydrogen) atoms. The first-order chi connectivity index (χ1) is 12.5. The topological polar surface area (TPSA) is 94.2 Å². The molecule has 1 fully saturated rings. The molecule has 4 rings (SSSR count). The maximum absolute atomic E-state index is 13.2. The lowest BCUT2D eigenvalue weighted by Crippen LogP contribution is -2.42. The molecule has 4 heterocycles. The Hall–Kier alpha value is -2.87. The van der Waals surface area contributed by atoms with Crippen molar-refractivity contribution in [3.05, 3.63) is 46.8 Å². The number of aromatic nitrogens is 4. The molecular formula is C18H19N5O3. The molecule has 0 aliphatic carbocycles. The Balaban J connectivity index is 1.65. The fourth-order valence-electron chi connectivity index (χ4n) is 3.22. The van der Waals surface area contributed by atoms with Gasteiger partial charge in [-0.25, -0.2) is 15.0 Å². The van der Waals surface area contributed by atoms with Gasteiger partial charge in [-0.3, -0.25) is 4.79 Å². The van der Waals surface area contributed by atoms with Gasteiger partial charge in [0.05, 0.1) is 35.5 Å². The third kappa shape index (κ3) is 2.92. The third-order valence-corrected chi connectivity index (χ3v) is 4.46. The Bertz CT molecular complexity index is 984. The zero-order valence-corrected chi connectivity index (χ0v) is 14.9. The van der Waals surface area contributed by atoms with E-state index in [0.717, 1.165) is 5.69 Å². The van der Waals surface area contributed by atoms with E-state index < -0.39 is 0 Å². The molecule has 0 aromatic carbocycles. The Kier molecular flexibility index (Phi) is 4.12. The summed E-state index contributed by atoms with van der Waals surface area (Å²) >= 11 is 0. The van der Waals surface area contributed by atoms with Crippen LogP contribution in [0.25, 0.3) is 11.1 Å². The van der Waals surface area contributed by atoms with E-state index in [1.165, 1.54) is 0 Å². The first-order valence-electron chi connectivity index (χ1n) is 8.47. The van der Waals surface area contributed by atoms with E-state index in [4.69, 9.17) is 9.26 Å². The van der Waals surface area contributed by atoms with Crippen molar-refractivity contribution in [3.8, 4) is 0 Å². The van der Waals surface area contributed by atoms with Crippen LogP contribution in [0.15, 0.2) is 22.9 Å². The normalized spacial score (nSPS) is 17.7. The van der Waals surface area contributed by atoms with Crippen molar-refractivity contribution in [1.82, 2.24) is 25.0 Å². The van der Waals surface area contributed by atoms with E-state index in [1.807, 2.05) is 26.8 Å². The zero-order chi connectivity index (χ0) is 18.3. The van der Waals surface area contributed by atoms with Crippen molar-refractivity contribution < 1.29 is 14.1 Å². The van der Waals surface area contributed by atoms with Crippen molar-refractivity contribution in [2.24, 2.45) is 0 Å². The average molecular weight is 353 g/mol. The number of carbonyl (C=O) groups is 1. The van der Waals surface area contributed by atoms with Gasteiger partial charge >= 0.3 is 0 Å². The van der Waals surface area contributed by atoms with E-state index in [1.54, 1.807) is 17.2 Å². The number of nitrogens with zero attached hydrogens (tertiary/aromatic N) is 5. The van der Waals surface area contributed by atoms with E-state index in [9.17, 15) is 4.79 Å². The van der Waals surface area contributed by atoms with Gasteiger partial charge in [-0.2, -0.15) is 0 Å².